The Bertz CT molecular complexity index is 563. The third-order valence-corrected chi connectivity index (χ3v) is 3.12. The van der Waals surface area contributed by atoms with E-state index < -0.39 is 0 Å². The van der Waals surface area contributed by atoms with Gasteiger partial charge in [0.2, 0.25) is 0 Å². The smallest absolute Gasteiger partial charge is 0.144 e. The highest BCUT2D eigenvalue weighted by Crippen LogP contribution is 2.30. The largest absolute Gasteiger partial charge is 0.456 e. The van der Waals surface area contributed by atoms with Crippen LogP contribution in [0.4, 0.5) is 4.39 Å². The number of ether oxygens (including phenoxy) is 1. The molecule has 100 valence electrons. The second-order valence-corrected chi connectivity index (χ2v) is 4.79. The first-order valence-electron chi connectivity index (χ1n) is 5.97. The Hall–Kier alpha value is -1.46. The molecule has 0 spiro atoms. The van der Waals surface area contributed by atoms with Gasteiger partial charge < -0.3 is 10.1 Å². The second kappa shape index (κ2) is 6.63. The maximum Gasteiger partial charge on any atom is 0.144 e. The molecule has 0 aliphatic heterocycles. The zero-order valence-electron chi connectivity index (χ0n) is 10.5. The van der Waals surface area contributed by atoms with E-state index in [9.17, 15) is 4.39 Å². The van der Waals surface area contributed by atoms with E-state index in [1.165, 1.54) is 12.1 Å². The number of hydrogen-bond acceptors (Lipinski definition) is 3. The van der Waals surface area contributed by atoms with Gasteiger partial charge in [-0.2, -0.15) is 0 Å². The molecule has 0 saturated carbocycles. The minimum absolute atomic E-state index is 0.333. The first kappa shape index (κ1) is 14.0. The first-order valence-corrected chi connectivity index (χ1v) is 6.77. The summed E-state index contributed by atoms with van der Waals surface area (Å²) in [5.41, 5.74) is 0.881. The maximum absolute atomic E-state index is 13.2. The fourth-order valence-electron chi connectivity index (χ4n) is 1.55. The summed E-state index contributed by atoms with van der Waals surface area (Å²) in [6.45, 7) is 3.59. The summed E-state index contributed by atoms with van der Waals surface area (Å²) in [5.74, 6) is 0.745. The lowest BCUT2D eigenvalue weighted by Gasteiger charge is -2.09. The number of rotatable bonds is 5. The summed E-state index contributed by atoms with van der Waals surface area (Å²) in [6.07, 6.45) is 1.68. The van der Waals surface area contributed by atoms with Crippen LogP contribution in [-0.2, 0) is 6.54 Å². The molecule has 19 heavy (non-hydrogen) atoms. The molecule has 1 heterocycles. The minimum atomic E-state index is -0.333. The van der Waals surface area contributed by atoms with Crippen molar-refractivity contribution in [3.05, 3.63) is 52.5 Å². The van der Waals surface area contributed by atoms with E-state index in [0.717, 1.165) is 12.2 Å². The normalized spacial score (nSPS) is 10.5. The molecule has 0 unspecified atom stereocenters. The second-order valence-electron chi connectivity index (χ2n) is 3.94. The summed E-state index contributed by atoms with van der Waals surface area (Å²) in [4.78, 5) is 4.23. The van der Waals surface area contributed by atoms with E-state index in [1.54, 1.807) is 18.3 Å². The van der Waals surface area contributed by atoms with Crippen LogP contribution in [0.25, 0.3) is 0 Å². The Morgan fingerprint density at radius 3 is 2.95 bits per heavy atom. The summed E-state index contributed by atoms with van der Waals surface area (Å²) in [6, 6.07) is 7.91. The Morgan fingerprint density at radius 1 is 1.32 bits per heavy atom. The van der Waals surface area contributed by atoms with Crippen molar-refractivity contribution in [1.82, 2.24) is 10.3 Å². The molecule has 1 aromatic carbocycles. The van der Waals surface area contributed by atoms with E-state index in [4.69, 9.17) is 4.74 Å². The standard InChI is InChI=1S/C14H14BrFN2O/c1-2-17-9-11-8-12(5-6-18-11)19-14-7-10(16)3-4-13(14)15/h3-8,17H,2,9H2,1H3. The van der Waals surface area contributed by atoms with Crippen LogP contribution in [0.5, 0.6) is 11.5 Å². The average Bonchev–Trinajstić information content (AvgIpc) is 2.41. The van der Waals surface area contributed by atoms with Crippen molar-refractivity contribution in [2.45, 2.75) is 13.5 Å². The molecule has 5 heteroatoms. The summed E-state index contributed by atoms with van der Waals surface area (Å²) >= 11 is 3.33. The van der Waals surface area contributed by atoms with Crippen LogP contribution in [0, 0.1) is 5.82 Å². The van der Waals surface area contributed by atoms with Crippen LogP contribution in [0.15, 0.2) is 41.0 Å². The van der Waals surface area contributed by atoms with Crippen molar-refractivity contribution in [2.24, 2.45) is 0 Å². The third kappa shape index (κ3) is 4.01. The van der Waals surface area contributed by atoms with Gasteiger partial charge in [0.15, 0.2) is 0 Å². The number of pyridine rings is 1. The van der Waals surface area contributed by atoms with Crippen LogP contribution in [0.2, 0.25) is 0 Å². The zero-order valence-corrected chi connectivity index (χ0v) is 12.1. The molecule has 0 saturated heterocycles. The van der Waals surface area contributed by atoms with E-state index in [1.807, 2.05) is 13.0 Å². The van der Waals surface area contributed by atoms with Gasteiger partial charge in [-0.1, -0.05) is 6.92 Å². The molecule has 0 radical (unpaired) electrons. The van der Waals surface area contributed by atoms with Crippen molar-refractivity contribution in [3.8, 4) is 11.5 Å². The van der Waals surface area contributed by atoms with Gasteiger partial charge in [0.05, 0.1) is 10.2 Å². The average molecular weight is 325 g/mol. The molecule has 0 aliphatic rings. The van der Waals surface area contributed by atoms with E-state index in [2.05, 4.69) is 26.2 Å². The van der Waals surface area contributed by atoms with Crippen LogP contribution in [-0.4, -0.2) is 11.5 Å². The quantitative estimate of drug-likeness (QED) is 0.906. The van der Waals surface area contributed by atoms with Crippen molar-refractivity contribution in [2.75, 3.05) is 6.54 Å². The van der Waals surface area contributed by atoms with Crippen molar-refractivity contribution < 1.29 is 9.13 Å². The molecule has 2 rings (SSSR count). The predicted octanol–water partition coefficient (Wildman–Crippen LogP) is 3.89. The molecule has 0 fully saturated rings. The molecule has 0 aliphatic carbocycles. The van der Waals surface area contributed by atoms with Gasteiger partial charge in [-0.05, 0) is 40.7 Å². The molecule has 2 aromatic rings. The Balaban J connectivity index is 2.16. The SMILES string of the molecule is CCNCc1cc(Oc2cc(F)ccc2Br)ccn1. The number of aromatic nitrogens is 1. The fourth-order valence-corrected chi connectivity index (χ4v) is 1.88. The number of halogens is 2. The van der Waals surface area contributed by atoms with E-state index in [0.29, 0.717) is 22.5 Å². The molecular formula is C14H14BrFN2O. The Morgan fingerprint density at radius 2 is 2.16 bits per heavy atom. The van der Waals surface area contributed by atoms with Crippen molar-refractivity contribution >= 4 is 15.9 Å². The van der Waals surface area contributed by atoms with E-state index in [-0.39, 0.29) is 5.82 Å². The topological polar surface area (TPSA) is 34.1 Å². The zero-order chi connectivity index (χ0) is 13.7. The maximum atomic E-state index is 13.2. The minimum Gasteiger partial charge on any atom is -0.456 e. The van der Waals surface area contributed by atoms with Crippen molar-refractivity contribution in [3.63, 3.8) is 0 Å². The van der Waals surface area contributed by atoms with Gasteiger partial charge in [-0.25, -0.2) is 4.39 Å². The summed E-state index contributed by atoms with van der Waals surface area (Å²) in [7, 11) is 0. The molecule has 0 atom stereocenters. The molecule has 0 amide bonds. The number of nitrogens with zero attached hydrogens (tertiary/aromatic N) is 1. The van der Waals surface area contributed by atoms with Gasteiger partial charge >= 0.3 is 0 Å². The van der Waals surface area contributed by atoms with Gasteiger partial charge in [0.25, 0.3) is 0 Å². The number of nitrogens with one attached hydrogen (secondary N) is 1. The highest BCUT2D eigenvalue weighted by Gasteiger charge is 2.05. The lowest BCUT2D eigenvalue weighted by atomic mass is 10.3. The predicted molar refractivity (Wildman–Crippen MR) is 75.8 cm³/mol. The molecule has 1 aromatic heterocycles. The Kier molecular flexibility index (Phi) is 4.87. The summed E-state index contributed by atoms with van der Waals surface area (Å²) < 4.78 is 19.5. The van der Waals surface area contributed by atoms with Crippen LogP contribution >= 0.6 is 15.9 Å². The number of hydrogen-bond donors (Lipinski definition) is 1. The number of benzene rings is 1. The Labute approximate surface area is 119 Å². The first-order chi connectivity index (χ1) is 9.19. The molecule has 1 N–H and O–H groups in total. The van der Waals surface area contributed by atoms with Gasteiger partial charge in [0.1, 0.15) is 17.3 Å². The highest BCUT2D eigenvalue weighted by atomic mass is 79.9. The molecule has 3 nitrogen and oxygen atoms in total. The fraction of sp³-hybridized carbons (Fsp3) is 0.214. The molecular weight excluding hydrogens is 311 g/mol. The van der Waals surface area contributed by atoms with Gasteiger partial charge in [0, 0.05) is 24.9 Å². The van der Waals surface area contributed by atoms with Crippen LogP contribution < -0.4 is 10.1 Å². The van der Waals surface area contributed by atoms with Crippen LogP contribution in [0.3, 0.4) is 0 Å². The summed E-state index contributed by atoms with van der Waals surface area (Å²) in [5, 5.41) is 3.19. The van der Waals surface area contributed by atoms with Crippen LogP contribution in [0.1, 0.15) is 12.6 Å². The van der Waals surface area contributed by atoms with Gasteiger partial charge in [-0.3, -0.25) is 4.98 Å². The van der Waals surface area contributed by atoms with E-state index >= 15 is 0 Å². The highest BCUT2D eigenvalue weighted by molar-refractivity contribution is 9.10. The third-order valence-electron chi connectivity index (χ3n) is 2.47. The molecule has 0 bridgehead atoms. The van der Waals surface area contributed by atoms with Crippen molar-refractivity contribution in [1.29, 1.82) is 0 Å². The lowest BCUT2D eigenvalue weighted by Crippen LogP contribution is -2.12. The lowest BCUT2D eigenvalue weighted by molar-refractivity contribution is 0.471. The van der Waals surface area contributed by atoms with Gasteiger partial charge in [-0.15, -0.1) is 0 Å². The monoisotopic (exact) mass is 324 g/mol.